The second-order valence-electron chi connectivity index (χ2n) is 11.3. The average Bonchev–Trinajstić information content (AvgIpc) is 3.30. The number of fused-ring (bicyclic) bond motifs is 1. The lowest BCUT2D eigenvalue weighted by Crippen LogP contribution is -2.64. The highest BCUT2D eigenvalue weighted by molar-refractivity contribution is 5.77. The number of carboxylic acid groups (broad SMARTS) is 1. The fourth-order valence-corrected chi connectivity index (χ4v) is 5.59. The molecule has 0 spiro atoms. The van der Waals surface area contributed by atoms with E-state index < -0.39 is 35.1 Å². The van der Waals surface area contributed by atoms with Gasteiger partial charge in [-0.2, -0.15) is 0 Å². The minimum atomic E-state index is -0.977. The summed E-state index contributed by atoms with van der Waals surface area (Å²) in [6, 6.07) is 9.59. The highest BCUT2D eigenvalue weighted by Gasteiger charge is 2.49. The summed E-state index contributed by atoms with van der Waals surface area (Å²) in [4.78, 5) is 60.2. The van der Waals surface area contributed by atoms with Crippen molar-refractivity contribution in [1.29, 1.82) is 0 Å². The number of piperazine rings is 1. The summed E-state index contributed by atoms with van der Waals surface area (Å²) in [6.07, 6.45) is -1.07. The van der Waals surface area contributed by atoms with Crippen molar-refractivity contribution in [2.75, 3.05) is 49.1 Å². The van der Waals surface area contributed by atoms with Crippen molar-refractivity contribution >= 4 is 23.6 Å². The Morgan fingerprint density at radius 2 is 1.71 bits per heavy atom. The molecule has 0 radical (unpaired) electrons. The van der Waals surface area contributed by atoms with E-state index in [2.05, 4.69) is 16.7 Å². The smallest absolute Gasteiger partial charge is 0.407 e. The molecule has 1 aromatic heterocycles. The topological polar surface area (TPSA) is 121 Å². The first kappa shape index (κ1) is 30.7. The van der Waals surface area contributed by atoms with Gasteiger partial charge < -0.3 is 24.5 Å². The standard InChI is InChI=1S/C30H40N6O6/c1-6-8-15-33-24-25(36(30(3,4)5)27(33)31-17-19-32(20-18-31)29(40)41)35(21-23(37)42-7-2)28(39)34(26(24)38)16-14-22-12-10-9-11-13-22/h9-13,27H,7,14-21H2,1-5H3,(H,40,41). The Balaban J connectivity index is 1.92. The summed E-state index contributed by atoms with van der Waals surface area (Å²) in [5.74, 6) is 5.76. The number of hydrogen-bond donors (Lipinski definition) is 1. The molecule has 0 bridgehead atoms. The van der Waals surface area contributed by atoms with Crippen LogP contribution in [0.3, 0.4) is 0 Å². The van der Waals surface area contributed by atoms with Crippen molar-refractivity contribution in [3.63, 3.8) is 0 Å². The minimum absolute atomic E-state index is 0.128. The van der Waals surface area contributed by atoms with E-state index in [9.17, 15) is 24.3 Å². The first-order chi connectivity index (χ1) is 20.0. The number of hydrogen-bond acceptors (Lipinski definition) is 8. The summed E-state index contributed by atoms with van der Waals surface area (Å²) < 4.78 is 7.79. The van der Waals surface area contributed by atoms with E-state index in [1.807, 2.05) is 60.9 Å². The summed E-state index contributed by atoms with van der Waals surface area (Å²) in [7, 11) is 0. The van der Waals surface area contributed by atoms with Crippen LogP contribution < -0.4 is 21.0 Å². The molecule has 1 fully saturated rings. The molecule has 1 aromatic carbocycles. The van der Waals surface area contributed by atoms with Gasteiger partial charge >= 0.3 is 17.8 Å². The van der Waals surface area contributed by atoms with Crippen molar-refractivity contribution in [3.05, 3.63) is 56.7 Å². The van der Waals surface area contributed by atoms with Gasteiger partial charge in [-0.25, -0.2) is 9.59 Å². The minimum Gasteiger partial charge on any atom is -0.465 e. The predicted molar refractivity (Wildman–Crippen MR) is 160 cm³/mol. The number of carbonyl (C=O) groups is 2. The molecule has 42 heavy (non-hydrogen) atoms. The van der Waals surface area contributed by atoms with Crippen molar-refractivity contribution in [2.45, 2.75) is 66.0 Å². The first-order valence-corrected chi connectivity index (χ1v) is 14.2. The Hall–Kier alpha value is -4.24. The number of ether oxygens (including phenoxy) is 1. The number of benzene rings is 1. The maximum Gasteiger partial charge on any atom is 0.407 e. The SMILES string of the molecule is CC#CCN1c2c(n(CC(=O)OCC)c(=O)n(CCc3ccccc3)c2=O)N(C(C)(C)C)C1N1CCN(C(=O)O)CC1. The Labute approximate surface area is 245 Å². The number of rotatable bonds is 8. The number of anilines is 2. The normalized spacial score (nSPS) is 17.1. The van der Waals surface area contributed by atoms with Crippen LogP contribution in [0.1, 0.15) is 40.2 Å². The van der Waals surface area contributed by atoms with Crippen LogP contribution in [-0.4, -0.2) is 87.3 Å². The largest absolute Gasteiger partial charge is 0.465 e. The molecule has 4 rings (SSSR count). The lowest BCUT2D eigenvalue weighted by atomic mass is 10.1. The molecule has 226 valence electrons. The maximum absolute atomic E-state index is 14.3. The van der Waals surface area contributed by atoms with Crippen LogP contribution in [0.4, 0.5) is 16.3 Å². The Morgan fingerprint density at radius 3 is 2.29 bits per heavy atom. The molecular formula is C30H40N6O6. The van der Waals surface area contributed by atoms with E-state index in [1.54, 1.807) is 13.8 Å². The average molecular weight is 581 g/mol. The van der Waals surface area contributed by atoms with Gasteiger partial charge in [-0.3, -0.25) is 23.6 Å². The van der Waals surface area contributed by atoms with Gasteiger partial charge in [0.05, 0.1) is 13.2 Å². The molecule has 1 saturated heterocycles. The monoisotopic (exact) mass is 580 g/mol. The van der Waals surface area contributed by atoms with Crippen molar-refractivity contribution in [2.24, 2.45) is 0 Å². The summed E-state index contributed by atoms with van der Waals surface area (Å²) in [5.41, 5.74) is -0.390. The van der Waals surface area contributed by atoms with E-state index in [0.29, 0.717) is 38.4 Å². The number of nitrogens with zero attached hydrogens (tertiary/aromatic N) is 6. The van der Waals surface area contributed by atoms with E-state index >= 15 is 0 Å². The van der Waals surface area contributed by atoms with Gasteiger partial charge in [0.25, 0.3) is 5.56 Å². The van der Waals surface area contributed by atoms with Crippen LogP contribution in [-0.2, 0) is 29.0 Å². The van der Waals surface area contributed by atoms with Gasteiger partial charge in [0.2, 0.25) is 0 Å². The molecule has 2 aromatic rings. The molecule has 3 heterocycles. The van der Waals surface area contributed by atoms with Crippen LogP contribution in [0.15, 0.2) is 39.9 Å². The van der Waals surface area contributed by atoms with Crippen LogP contribution in [0.25, 0.3) is 0 Å². The lowest BCUT2D eigenvalue weighted by Gasteiger charge is -2.48. The zero-order chi connectivity index (χ0) is 30.6. The van der Waals surface area contributed by atoms with E-state index in [-0.39, 0.29) is 31.9 Å². The molecule has 2 aliphatic rings. The molecule has 1 amide bonds. The van der Waals surface area contributed by atoms with Crippen LogP contribution >= 0.6 is 0 Å². The Bertz CT molecular complexity index is 1470. The van der Waals surface area contributed by atoms with Gasteiger partial charge in [0, 0.05) is 38.3 Å². The van der Waals surface area contributed by atoms with Gasteiger partial charge in [-0.15, -0.1) is 5.92 Å². The van der Waals surface area contributed by atoms with Crippen molar-refractivity contribution in [1.82, 2.24) is 18.9 Å². The number of esters is 1. The zero-order valence-corrected chi connectivity index (χ0v) is 25.0. The number of aryl methyl sites for hydroxylation is 1. The van der Waals surface area contributed by atoms with Crippen LogP contribution in [0.5, 0.6) is 0 Å². The Kier molecular flexibility index (Phi) is 9.31. The van der Waals surface area contributed by atoms with Gasteiger partial charge in [-0.05, 0) is 46.6 Å². The molecule has 12 nitrogen and oxygen atoms in total. The Morgan fingerprint density at radius 1 is 1.05 bits per heavy atom. The number of amides is 1. The number of carbonyl (C=O) groups excluding carboxylic acids is 1. The second kappa shape index (κ2) is 12.7. The molecular weight excluding hydrogens is 540 g/mol. The van der Waals surface area contributed by atoms with E-state index in [1.165, 1.54) is 14.0 Å². The highest BCUT2D eigenvalue weighted by Crippen LogP contribution is 2.42. The molecule has 12 heteroatoms. The molecule has 1 unspecified atom stereocenters. The lowest BCUT2D eigenvalue weighted by molar-refractivity contribution is -0.143. The second-order valence-corrected chi connectivity index (χ2v) is 11.3. The van der Waals surface area contributed by atoms with Gasteiger partial charge in [0.1, 0.15) is 18.1 Å². The fourth-order valence-electron chi connectivity index (χ4n) is 5.59. The molecule has 0 saturated carbocycles. The summed E-state index contributed by atoms with van der Waals surface area (Å²) in [5, 5.41) is 9.52. The van der Waals surface area contributed by atoms with E-state index in [4.69, 9.17) is 4.74 Å². The molecule has 2 aliphatic heterocycles. The summed E-state index contributed by atoms with van der Waals surface area (Å²) >= 11 is 0. The predicted octanol–water partition coefficient (Wildman–Crippen LogP) is 1.84. The third kappa shape index (κ3) is 6.16. The van der Waals surface area contributed by atoms with Crippen molar-refractivity contribution < 1.29 is 19.4 Å². The highest BCUT2D eigenvalue weighted by atomic mass is 16.5. The molecule has 1 N–H and O–H groups in total. The van der Waals surface area contributed by atoms with Crippen LogP contribution in [0.2, 0.25) is 0 Å². The summed E-state index contributed by atoms with van der Waals surface area (Å²) in [6.45, 7) is 10.9. The molecule has 1 atom stereocenters. The zero-order valence-electron chi connectivity index (χ0n) is 25.0. The quantitative estimate of drug-likeness (QED) is 0.368. The van der Waals surface area contributed by atoms with Crippen LogP contribution in [0, 0.1) is 11.8 Å². The third-order valence-electron chi connectivity index (χ3n) is 7.52. The first-order valence-electron chi connectivity index (χ1n) is 14.2. The van der Waals surface area contributed by atoms with Gasteiger partial charge in [0.15, 0.2) is 6.29 Å². The third-order valence-corrected chi connectivity index (χ3v) is 7.52. The maximum atomic E-state index is 14.3. The fraction of sp³-hybridized carbons (Fsp3) is 0.533. The van der Waals surface area contributed by atoms with Gasteiger partial charge in [-0.1, -0.05) is 36.3 Å². The number of aromatic nitrogens is 2. The van der Waals surface area contributed by atoms with E-state index in [0.717, 1.165) is 5.56 Å². The van der Waals surface area contributed by atoms with Crippen molar-refractivity contribution in [3.8, 4) is 11.8 Å². The molecule has 0 aliphatic carbocycles.